The van der Waals surface area contributed by atoms with Crippen molar-refractivity contribution in [3.8, 4) is 0 Å². The number of hydrazone groups is 1. The van der Waals surface area contributed by atoms with Crippen molar-refractivity contribution in [3.63, 3.8) is 0 Å². The van der Waals surface area contributed by atoms with Crippen LogP contribution in [-0.4, -0.2) is 22.9 Å². The molecule has 0 radical (unpaired) electrons. The lowest BCUT2D eigenvalue weighted by molar-refractivity contribution is 0.628. The zero-order valence-corrected chi connectivity index (χ0v) is 13.5. The van der Waals surface area contributed by atoms with Crippen molar-refractivity contribution in [2.24, 2.45) is 10.1 Å². The number of nitrogens with one attached hydrogen (secondary N) is 1. The van der Waals surface area contributed by atoms with Gasteiger partial charge in [-0.25, -0.2) is 9.38 Å². The summed E-state index contributed by atoms with van der Waals surface area (Å²) in [6.45, 7) is 0. The second-order valence-electron chi connectivity index (χ2n) is 4.58. The van der Waals surface area contributed by atoms with Gasteiger partial charge < -0.3 is 0 Å². The SMILES string of the molecule is CSc1ccc(C2=NNC(=Nc3ccc(F)cc3)SC2)cc1. The smallest absolute Gasteiger partial charge is 0.182 e. The van der Waals surface area contributed by atoms with Crippen molar-refractivity contribution in [2.45, 2.75) is 4.90 Å². The molecule has 2 aromatic rings. The summed E-state index contributed by atoms with van der Waals surface area (Å²) >= 11 is 3.30. The largest absolute Gasteiger partial charge is 0.255 e. The van der Waals surface area contributed by atoms with E-state index in [-0.39, 0.29) is 5.82 Å². The summed E-state index contributed by atoms with van der Waals surface area (Å²) in [5.74, 6) is 0.494. The van der Waals surface area contributed by atoms with E-state index in [4.69, 9.17) is 0 Å². The highest BCUT2D eigenvalue weighted by Gasteiger charge is 2.13. The van der Waals surface area contributed by atoms with Crippen molar-refractivity contribution in [1.82, 2.24) is 5.43 Å². The highest BCUT2D eigenvalue weighted by molar-refractivity contribution is 8.14. The quantitative estimate of drug-likeness (QED) is 0.853. The fourth-order valence-corrected chi connectivity index (χ4v) is 3.13. The normalized spacial score (nSPS) is 16.3. The number of thioether (sulfide) groups is 2. The molecule has 3 rings (SSSR count). The highest BCUT2D eigenvalue weighted by atomic mass is 32.2. The molecule has 6 heteroatoms. The molecule has 0 amide bonds. The lowest BCUT2D eigenvalue weighted by Crippen LogP contribution is -2.25. The van der Waals surface area contributed by atoms with Crippen LogP contribution in [0.2, 0.25) is 0 Å². The predicted molar refractivity (Wildman–Crippen MR) is 93.8 cm³/mol. The first-order chi connectivity index (χ1) is 10.7. The third kappa shape index (κ3) is 3.69. The first kappa shape index (κ1) is 15.1. The molecule has 0 saturated carbocycles. The van der Waals surface area contributed by atoms with Gasteiger partial charge in [0.25, 0.3) is 0 Å². The Morgan fingerprint density at radius 2 is 1.86 bits per heavy atom. The van der Waals surface area contributed by atoms with E-state index in [1.165, 1.54) is 17.0 Å². The van der Waals surface area contributed by atoms with Crippen LogP contribution in [0, 0.1) is 5.82 Å². The molecule has 1 N–H and O–H groups in total. The van der Waals surface area contributed by atoms with Crippen LogP contribution in [0.1, 0.15) is 5.56 Å². The Morgan fingerprint density at radius 3 is 2.45 bits per heavy atom. The van der Waals surface area contributed by atoms with Gasteiger partial charge in [-0.05, 0) is 48.2 Å². The number of nitrogens with zero attached hydrogens (tertiary/aromatic N) is 2. The molecule has 0 aliphatic carbocycles. The number of hydrogen-bond donors (Lipinski definition) is 1. The molecule has 1 aliphatic rings. The van der Waals surface area contributed by atoms with Crippen LogP contribution in [0.25, 0.3) is 0 Å². The molecule has 1 heterocycles. The summed E-state index contributed by atoms with van der Waals surface area (Å²) in [5, 5.41) is 5.10. The van der Waals surface area contributed by atoms with Crippen LogP contribution in [-0.2, 0) is 0 Å². The van der Waals surface area contributed by atoms with Crippen LogP contribution in [0.15, 0.2) is 63.5 Å². The number of amidine groups is 1. The number of rotatable bonds is 3. The van der Waals surface area contributed by atoms with Gasteiger partial charge in [-0.1, -0.05) is 23.9 Å². The summed E-state index contributed by atoms with van der Waals surface area (Å²) in [7, 11) is 0. The summed E-state index contributed by atoms with van der Waals surface area (Å²) in [4.78, 5) is 5.64. The van der Waals surface area contributed by atoms with E-state index in [2.05, 4.69) is 46.0 Å². The van der Waals surface area contributed by atoms with Gasteiger partial charge in [-0.3, -0.25) is 5.43 Å². The Bertz CT molecular complexity index is 709. The fourth-order valence-electron chi connectivity index (χ4n) is 1.94. The van der Waals surface area contributed by atoms with Crippen LogP contribution < -0.4 is 5.43 Å². The van der Waals surface area contributed by atoms with Crippen molar-refractivity contribution in [2.75, 3.05) is 12.0 Å². The number of hydrogen-bond acceptors (Lipinski definition) is 4. The van der Waals surface area contributed by atoms with Gasteiger partial charge in [0, 0.05) is 10.6 Å². The summed E-state index contributed by atoms with van der Waals surface area (Å²) in [5.41, 5.74) is 5.77. The molecule has 22 heavy (non-hydrogen) atoms. The third-order valence-electron chi connectivity index (χ3n) is 3.11. The van der Waals surface area contributed by atoms with Crippen LogP contribution in [0.4, 0.5) is 10.1 Å². The molecule has 0 unspecified atom stereocenters. The topological polar surface area (TPSA) is 36.8 Å². The summed E-state index contributed by atoms with van der Waals surface area (Å²) in [6, 6.07) is 14.4. The van der Waals surface area contributed by atoms with Crippen LogP contribution in [0.3, 0.4) is 0 Å². The molecule has 3 nitrogen and oxygen atoms in total. The van der Waals surface area contributed by atoms with Crippen molar-refractivity contribution in [3.05, 3.63) is 59.9 Å². The number of halogens is 1. The molecule has 0 atom stereocenters. The summed E-state index contributed by atoms with van der Waals surface area (Å²) in [6.07, 6.45) is 2.06. The molecule has 0 fully saturated rings. The van der Waals surface area contributed by atoms with E-state index in [0.717, 1.165) is 22.2 Å². The Labute approximate surface area is 137 Å². The molecular formula is C16H14FN3S2. The number of aliphatic imine (C=N–C) groups is 1. The van der Waals surface area contributed by atoms with Crippen molar-refractivity contribution < 1.29 is 4.39 Å². The van der Waals surface area contributed by atoms with E-state index >= 15 is 0 Å². The highest BCUT2D eigenvalue weighted by Crippen LogP contribution is 2.20. The van der Waals surface area contributed by atoms with Crippen molar-refractivity contribution in [1.29, 1.82) is 0 Å². The van der Waals surface area contributed by atoms with E-state index in [9.17, 15) is 4.39 Å². The van der Waals surface area contributed by atoms with Gasteiger partial charge >= 0.3 is 0 Å². The molecule has 0 aromatic heterocycles. The maximum atomic E-state index is 12.9. The van der Waals surface area contributed by atoms with E-state index < -0.39 is 0 Å². The third-order valence-corrected chi connectivity index (χ3v) is 4.73. The predicted octanol–water partition coefficient (Wildman–Crippen LogP) is 4.28. The molecule has 1 aliphatic heterocycles. The average molecular weight is 331 g/mol. The molecule has 2 aromatic carbocycles. The molecule has 0 spiro atoms. The van der Waals surface area contributed by atoms with Gasteiger partial charge in [-0.2, -0.15) is 5.10 Å². The van der Waals surface area contributed by atoms with Gasteiger partial charge in [0.05, 0.1) is 11.4 Å². The van der Waals surface area contributed by atoms with E-state index in [1.807, 2.05) is 0 Å². The second-order valence-corrected chi connectivity index (χ2v) is 6.42. The zero-order chi connectivity index (χ0) is 15.4. The minimum Gasteiger partial charge on any atom is -0.255 e. The van der Waals surface area contributed by atoms with E-state index in [1.54, 1.807) is 35.7 Å². The average Bonchev–Trinajstić information content (AvgIpc) is 2.58. The molecule has 0 saturated heterocycles. The fraction of sp³-hybridized carbons (Fsp3) is 0.125. The Balaban J connectivity index is 1.72. The first-order valence-electron chi connectivity index (χ1n) is 6.68. The maximum Gasteiger partial charge on any atom is 0.182 e. The maximum absolute atomic E-state index is 12.9. The van der Waals surface area contributed by atoms with Crippen LogP contribution in [0.5, 0.6) is 0 Å². The lowest BCUT2D eigenvalue weighted by Gasteiger charge is -2.15. The van der Waals surface area contributed by atoms with Gasteiger partial charge in [0.2, 0.25) is 0 Å². The Kier molecular flexibility index (Phi) is 4.80. The molecular weight excluding hydrogens is 317 g/mol. The lowest BCUT2D eigenvalue weighted by atomic mass is 10.1. The Hall–Kier alpha value is -1.79. The Morgan fingerprint density at radius 1 is 1.14 bits per heavy atom. The second kappa shape index (κ2) is 6.98. The van der Waals surface area contributed by atoms with E-state index in [0.29, 0.717) is 5.69 Å². The monoisotopic (exact) mass is 331 g/mol. The van der Waals surface area contributed by atoms with Gasteiger partial charge in [-0.15, -0.1) is 11.8 Å². The molecule has 112 valence electrons. The van der Waals surface area contributed by atoms with Gasteiger partial charge in [0.15, 0.2) is 5.17 Å². The van der Waals surface area contributed by atoms with Crippen molar-refractivity contribution >= 4 is 40.1 Å². The van der Waals surface area contributed by atoms with Crippen LogP contribution >= 0.6 is 23.5 Å². The van der Waals surface area contributed by atoms with Gasteiger partial charge in [0.1, 0.15) is 5.82 Å². The summed E-state index contributed by atoms with van der Waals surface area (Å²) < 4.78 is 12.9. The minimum atomic E-state index is -0.262. The number of benzene rings is 2. The standard InChI is InChI=1S/C16H14FN3S2/c1-21-14-8-2-11(3-9-14)15-10-22-16(20-19-15)18-13-6-4-12(17)5-7-13/h2-9H,10H2,1H3,(H,18,20). The molecule has 0 bridgehead atoms. The zero-order valence-electron chi connectivity index (χ0n) is 11.9. The minimum absolute atomic E-state index is 0.262. The first-order valence-corrected chi connectivity index (χ1v) is 8.90.